The topological polar surface area (TPSA) is 169 Å². The Kier molecular flexibility index (Phi) is 8.54. The van der Waals surface area contributed by atoms with Crippen LogP contribution in [-0.2, 0) is 11.3 Å². The molecule has 48 heavy (non-hydrogen) atoms. The largest absolute Gasteiger partial charge is 0.444 e. The molecule has 1 fully saturated rings. The summed E-state index contributed by atoms with van der Waals surface area (Å²) in [6.45, 7) is -0.687. The molecule has 5 aromatic rings. The van der Waals surface area contributed by atoms with E-state index in [-0.39, 0.29) is 52.3 Å². The third-order valence-electron chi connectivity index (χ3n) is 6.79. The zero-order valence-corrected chi connectivity index (χ0v) is 25.5. The molecule has 4 aromatic heterocycles. The summed E-state index contributed by atoms with van der Waals surface area (Å²) in [6, 6.07) is 4.44. The van der Waals surface area contributed by atoms with Gasteiger partial charge in [0.1, 0.15) is 40.9 Å². The lowest BCUT2D eigenvalue weighted by molar-refractivity contribution is -0.0526. The second kappa shape index (κ2) is 12.8. The Balaban J connectivity index is 1.29. The maximum absolute atomic E-state index is 13.4. The molecule has 0 unspecified atom stereocenters. The molecule has 5 heterocycles. The van der Waals surface area contributed by atoms with Crippen LogP contribution in [0.5, 0.6) is 11.5 Å². The number of carbonyl (C=O) groups is 2. The zero-order valence-electron chi connectivity index (χ0n) is 25.5. The molecule has 0 aliphatic carbocycles. The van der Waals surface area contributed by atoms with E-state index in [0.717, 1.165) is 18.2 Å². The summed E-state index contributed by atoms with van der Waals surface area (Å²) < 4.78 is 70.0. The second-order valence-corrected chi connectivity index (χ2v) is 11.5. The number of nitrogens with zero attached hydrogens (tertiary/aromatic N) is 10. The third-order valence-corrected chi connectivity index (χ3v) is 6.79. The molecule has 0 atom stereocenters. The molecule has 0 bridgehead atoms. The molecular formula is C28H27F4N11O5. The molecule has 1 aromatic carbocycles. The molecule has 0 radical (unpaired) electrons. The number of nitrogens with one attached hydrogen (secondary N) is 1. The van der Waals surface area contributed by atoms with Crippen molar-refractivity contribution in [3.63, 3.8) is 0 Å². The first-order valence-corrected chi connectivity index (χ1v) is 14.3. The van der Waals surface area contributed by atoms with Crippen LogP contribution in [-0.4, -0.2) is 93.4 Å². The van der Waals surface area contributed by atoms with E-state index in [0.29, 0.717) is 13.1 Å². The molecule has 1 aliphatic heterocycles. The number of fused-ring (bicyclic) bond motifs is 1. The number of halogens is 4. The lowest BCUT2D eigenvalue weighted by Gasteiger charge is -2.38. The average molecular weight is 674 g/mol. The molecule has 6 rings (SSSR count). The minimum atomic E-state index is -3.27. The minimum Gasteiger partial charge on any atom is -0.444 e. The fourth-order valence-electron chi connectivity index (χ4n) is 4.73. The number of anilines is 1. The molecule has 1 saturated heterocycles. The van der Waals surface area contributed by atoms with Crippen molar-refractivity contribution in [1.82, 2.24) is 49.5 Å². The Bertz CT molecular complexity index is 1950. The normalized spacial score (nSPS) is 13.6. The van der Waals surface area contributed by atoms with Crippen molar-refractivity contribution < 1.29 is 41.4 Å². The van der Waals surface area contributed by atoms with Crippen molar-refractivity contribution in [3.05, 3.63) is 60.4 Å². The number of hydrogen-bond acceptors (Lipinski definition) is 11. The molecule has 16 nitrogen and oxygen atoms in total. The van der Waals surface area contributed by atoms with E-state index in [1.165, 1.54) is 37.5 Å². The van der Waals surface area contributed by atoms with E-state index in [1.54, 1.807) is 33.0 Å². The molecular weight excluding hydrogens is 646 g/mol. The van der Waals surface area contributed by atoms with Crippen molar-refractivity contribution in [2.75, 3.05) is 18.4 Å². The average Bonchev–Trinajstić information content (AvgIpc) is 3.71. The van der Waals surface area contributed by atoms with E-state index in [9.17, 15) is 27.2 Å². The number of likely N-dealkylation sites (tertiary alicyclic amines) is 1. The number of benzene rings is 1. The van der Waals surface area contributed by atoms with Gasteiger partial charge in [0, 0.05) is 18.6 Å². The highest BCUT2D eigenvalue weighted by atomic mass is 19.3. The van der Waals surface area contributed by atoms with Crippen molar-refractivity contribution in [2.45, 2.75) is 52.2 Å². The highest BCUT2D eigenvalue weighted by Gasteiger charge is 2.36. The fraction of sp³-hybridized carbons (Fsp3) is 0.357. The summed E-state index contributed by atoms with van der Waals surface area (Å²) in [4.78, 5) is 32.7. The van der Waals surface area contributed by atoms with Crippen LogP contribution >= 0.6 is 0 Å². The first kappa shape index (κ1) is 32.1. The van der Waals surface area contributed by atoms with Gasteiger partial charge in [-0.1, -0.05) is 0 Å². The third kappa shape index (κ3) is 7.10. The van der Waals surface area contributed by atoms with Gasteiger partial charge in [-0.2, -0.15) is 32.6 Å². The maximum Gasteiger partial charge on any atom is 0.410 e. The van der Waals surface area contributed by atoms with Gasteiger partial charge in [-0.15, -0.1) is 10.2 Å². The number of aromatic nitrogens is 9. The number of ether oxygens (including phenoxy) is 3. The Labute approximate surface area is 268 Å². The number of tetrazole rings is 1. The lowest BCUT2D eigenvalue weighted by atomic mass is 10.1. The summed E-state index contributed by atoms with van der Waals surface area (Å²) in [5.74, 6) is -1.29. The van der Waals surface area contributed by atoms with Gasteiger partial charge in [0.05, 0.1) is 30.5 Å². The van der Waals surface area contributed by atoms with Crippen LogP contribution in [0.2, 0.25) is 0 Å². The molecule has 1 aliphatic rings. The van der Waals surface area contributed by atoms with Crippen molar-refractivity contribution >= 4 is 23.3 Å². The smallest absolute Gasteiger partial charge is 0.410 e. The lowest BCUT2D eigenvalue weighted by Crippen LogP contribution is -2.52. The fourth-order valence-corrected chi connectivity index (χ4v) is 4.73. The summed E-state index contributed by atoms with van der Waals surface area (Å²) in [6.07, 6.45) is 5.25. The summed E-state index contributed by atoms with van der Waals surface area (Å²) >= 11 is 0. The van der Waals surface area contributed by atoms with E-state index < -0.39 is 36.6 Å². The number of rotatable bonds is 10. The quantitative estimate of drug-likeness (QED) is 0.214. The Morgan fingerprint density at radius 3 is 2.58 bits per heavy atom. The summed E-state index contributed by atoms with van der Waals surface area (Å²) in [7, 11) is 0. The van der Waals surface area contributed by atoms with Crippen LogP contribution in [0.15, 0.2) is 49.1 Å². The van der Waals surface area contributed by atoms with Crippen LogP contribution in [0.1, 0.15) is 43.0 Å². The summed E-state index contributed by atoms with van der Waals surface area (Å²) in [5.41, 5.74) is -0.646. The first-order chi connectivity index (χ1) is 22.8. The van der Waals surface area contributed by atoms with Gasteiger partial charge >= 0.3 is 19.3 Å². The minimum absolute atomic E-state index is 0.0111. The Morgan fingerprint density at radius 1 is 1.08 bits per heavy atom. The van der Waals surface area contributed by atoms with Gasteiger partial charge < -0.3 is 24.4 Å². The van der Waals surface area contributed by atoms with Gasteiger partial charge in [-0.25, -0.2) is 14.3 Å². The predicted molar refractivity (Wildman–Crippen MR) is 156 cm³/mol. The number of hydrogen-bond donors (Lipinski definition) is 1. The van der Waals surface area contributed by atoms with E-state index in [1.807, 2.05) is 0 Å². The molecule has 20 heteroatoms. The predicted octanol–water partition coefficient (Wildman–Crippen LogP) is 3.87. The van der Waals surface area contributed by atoms with Crippen LogP contribution in [0, 0.1) is 0 Å². The van der Waals surface area contributed by atoms with Crippen molar-refractivity contribution in [1.29, 1.82) is 0 Å². The second-order valence-electron chi connectivity index (χ2n) is 11.5. The van der Waals surface area contributed by atoms with E-state index >= 15 is 0 Å². The SMILES string of the molecule is CC(C)(C)OC(=O)N1CC(n2nnc(Cn3cc(NC(=O)c4cnn5cccnc45)c(-c4cc(OC(F)F)ccc4OC(F)F)n3)n2)C1. The molecule has 252 valence electrons. The van der Waals surface area contributed by atoms with Crippen molar-refractivity contribution in [2.24, 2.45) is 0 Å². The first-order valence-electron chi connectivity index (χ1n) is 14.3. The number of amides is 2. The van der Waals surface area contributed by atoms with Crippen LogP contribution in [0.25, 0.3) is 16.9 Å². The van der Waals surface area contributed by atoms with Crippen LogP contribution in [0.3, 0.4) is 0 Å². The maximum atomic E-state index is 13.4. The van der Waals surface area contributed by atoms with Gasteiger partial charge in [0.25, 0.3) is 5.91 Å². The zero-order chi connectivity index (χ0) is 34.2. The van der Waals surface area contributed by atoms with Gasteiger partial charge in [0.2, 0.25) is 0 Å². The number of carbonyl (C=O) groups excluding carboxylic acids is 2. The van der Waals surface area contributed by atoms with Crippen molar-refractivity contribution in [3.8, 4) is 22.8 Å². The van der Waals surface area contributed by atoms with Gasteiger partial charge in [0.15, 0.2) is 11.5 Å². The monoisotopic (exact) mass is 673 g/mol. The van der Waals surface area contributed by atoms with Crippen LogP contribution in [0.4, 0.5) is 28.0 Å². The van der Waals surface area contributed by atoms with E-state index in [2.05, 4.69) is 45.4 Å². The molecule has 2 amide bonds. The molecule has 0 saturated carbocycles. The standard InChI is InChI=1S/C28H27F4N11O5/c1-28(2,3)48-27(45)40-11-15(12-40)43-37-21(36-39-43)14-41-13-19(35-24(44)18-10-34-42-8-4-7-33-23(18)42)22(38-41)17-9-16(46-25(29)30)5-6-20(17)47-26(31)32/h4-10,13,15,25-26H,11-12,14H2,1-3H3,(H,35,44). The highest BCUT2D eigenvalue weighted by Crippen LogP contribution is 2.38. The van der Waals surface area contributed by atoms with Gasteiger partial charge in [-0.05, 0) is 50.3 Å². The van der Waals surface area contributed by atoms with Crippen LogP contribution < -0.4 is 14.8 Å². The molecule has 1 N–H and O–H groups in total. The van der Waals surface area contributed by atoms with E-state index in [4.69, 9.17) is 4.74 Å². The van der Waals surface area contributed by atoms with Gasteiger partial charge in [-0.3, -0.25) is 9.48 Å². The highest BCUT2D eigenvalue weighted by molar-refractivity contribution is 6.09. The Morgan fingerprint density at radius 2 is 1.85 bits per heavy atom. The molecule has 0 spiro atoms. The Hall–Kier alpha value is -5.82. The summed E-state index contributed by atoms with van der Waals surface area (Å²) in [5, 5.41) is 23.7. The number of alkyl halides is 4.